The predicted molar refractivity (Wildman–Crippen MR) is 108 cm³/mol. The first-order valence-electron chi connectivity index (χ1n) is 10.1. The van der Waals surface area contributed by atoms with Crippen molar-refractivity contribution in [1.82, 2.24) is 0 Å². The molecule has 29 heavy (non-hydrogen) atoms. The van der Waals surface area contributed by atoms with Gasteiger partial charge in [0.15, 0.2) is 0 Å². The summed E-state index contributed by atoms with van der Waals surface area (Å²) in [5.41, 5.74) is 10.3. The van der Waals surface area contributed by atoms with E-state index in [0.29, 0.717) is 99.0 Å². The number of nitrogens with two attached hydrogens (primary N) is 2. The van der Waals surface area contributed by atoms with Crippen molar-refractivity contribution < 1.29 is 38.0 Å². The molecule has 0 heterocycles. The van der Waals surface area contributed by atoms with Crippen LogP contribution in [-0.2, 0) is 38.0 Å². The van der Waals surface area contributed by atoms with Gasteiger partial charge in [0.25, 0.3) is 0 Å². The second-order valence-corrected chi connectivity index (χ2v) is 6.62. The topological polar surface area (TPSA) is 134 Å². The lowest BCUT2D eigenvalue weighted by Gasteiger charge is -2.28. The van der Waals surface area contributed by atoms with Crippen LogP contribution in [0.1, 0.15) is 6.92 Å². The summed E-state index contributed by atoms with van der Waals surface area (Å²) in [5.74, 6) is 0. The van der Waals surface area contributed by atoms with Crippen molar-refractivity contribution >= 4 is 6.29 Å². The maximum Gasteiger partial charge on any atom is 0.145 e. The van der Waals surface area contributed by atoms with E-state index in [2.05, 4.69) is 0 Å². The van der Waals surface area contributed by atoms with Gasteiger partial charge in [0, 0.05) is 18.5 Å². The third-order valence-electron chi connectivity index (χ3n) is 3.55. The zero-order valence-electron chi connectivity index (χ0n) is 17.8. The van der Waals surface area contributed by atoms with Crippen LogP contribution in [0.3, 0.4) is 0 Å². The van der Waals surface area contributed by atoms with Gasteiger partial charge in [-0.25, -0.2) is 0 Å². The number of rotatable bonds is 24. The number of hydrogen-bond acceptors (Lipinski definition) is 10. The van der Waals surface area contributed by atoms with E-state index in [1.807, 2.05) is 6.92 Å². The Labute approximate surface area is 174 Å². The van der Waals surface area contributed by atoms with E-state index in [4.69, 9.17) is 44.6 Å². The molecule has 10 nitrogen and oxygen atoms in total. The SMILES string of the molecule is CC(COCC=O)(COCCOCCOCCN)COCCOCCOCCN. The molecular weight excluding hydrogens is 384 g/mol. The quantitative estimate of drug-likeness (QED) is 0.150. The van der Waals surface area contributed by atoms with E-state index in [9.17, 15) is 4.79 Å². The molecule has 0 atom stereocenters. The molecular formula is C19H40N2O8. The van der Waals surface area contributed by atoms with Gasteiger partial charge in [-0.1, -0.05) is 6.92 Å². The summed E-state index contributed by atoms with van der Waals surface area (Å²) in [6.45, 7) is 9.20. The van der Waals surface area contributed by atoms with Crippen LogP contribution in [0.5, 0.6) is 0 Å². The van der Waals surface area contributed by atoms with Gasteiger partial charge in [-0.3, -0.25) is 0 Å². The third-order valence-corrected chi connectivity index (χ3v) is 3.55. The van der Waals surface area contributed by atoms with Gasteiger partial charge in [0.1, 0.15) is 12.9 Å². The Morgan fingerprint density at radius 2 is 0.931 bits per heavy atom. The van der Waals surface area contributed by atoms with Crippen LogP contribution in [-0.4, -0.2) is 112 Å². The van der Waals surface area contributed by atoms with Gasteiger partial charge in [-0.15, -0.1) is 0 Å². The summed E-state index contributed by atoms with van der Waals surface area (Å²) < 4.78 is 38.0. The molecule has 0 fully saturated rings. The Kier molecular flexibility index (Phi) is 21.5. The molecule has 0 aliphatic carbocycles. The molecule has 0 aliphatic rings. The smallest absolute Gasteiger partial charge is 0.145 e. The number of carbonyl (C=O) groups excluding carboxylic acids is 1. The predicted octanol–water partition coefficient (Wildman–Crippen LogP) is -0.775. The minimum absolute atomic E-state index is 0.0490. The molecule has 0 aromatic carbocycles. The summed E-state index contributed by atoms with van der Waals surface area (Å²) in [6.07, 6.45) is 0.725. The normalized spacial score (nSPS) is 11.8. The lowest BCUT2D eigenvalue weighted by atomic mass is 9.94. The Bertz CT molecular complexity index is 328. The molecule has 0 spiro atoms. The van der Waals surface area contributed by atoms with Crippen molar-refractivity contribution in [2.24, 2.45) is 16.9 Å². The first-order chi connectivity index (χ1) is 14.2. The highest BCUT2D eigenvalue weighted by molar-refractivity contribution is 5.50. The van der Waals surface area contributed by atoms with Crippen LogP contribution in [0, 0.1) is 5.41 Å². The molecule has 0 aliphatic heterocycles. The fourth-order valence-electron chi connectivity index (χ4n) is 2.16. The van der Waals surface area contributed by atoms with E-state index in [1.165, 1.54) is 0 Å². The Morgan fingerprint density at radius 3 is 1.31 bits per heavy atom. The van der Waals surface area contributed by atoms with Crippen LogP contribution in [0.2, 0.25) is 0 Å². The van der Waals surface area contributed by atoms with Crippen molar-refractivity contribution in [3.8, 4) is 0 Å². The summed E-state index contributed by atoms with van der Waals surface area (Å²) in [4.78, 5) is 10.5. The molecule has 4 N–H and O–H groups in total. The van der Waals surface area contributed by atoms with E-state index >= 15 is 0 Å². The standard InChI is InChI=1S/C19H40N2O8/c1-19(16-27-7-4-22,17-28-14-12-25-10-8-23-5-2-20)18-29-15-13-26-11-9-24-6-3-21/h4H,2-3,5-18,20-21H2,1H3. The van der Waals surface area contributed by atoms with Crippen molar-refractivity contribution in [3.05, 3.63) is 0 Å². The number of ether oxygens (including phenoxy) is 7. The highest BCUT2D eigenvalue weighted by Crippen LogP contribution is 2.18. The van der Waals surface area contributed by atoms with Crippen molar-refractivity contribution in [2.75, 3.05) is 106 Å². The summed E-state index contributed by atoms with van der Waals surface area (Å²) in [7, 11) is 0. The molecule has 10 heteroatoms. The van der Waals surface area contributed by atoms with E-state index in [1.54, 1.807) is 0 Å². The van der Waals surface area contributed by atoms with Crippen LogP contribution in [0.25, 0.3) is 0 Å². The fraction of sp³-hybridized carbons (Fsp3) is 0.947. The Morgan fingerprint density at radius 1 is 0.586 bits per heavy atom. The lowest BCUT2D eigenvalue weighted by molar-refractivity contribution is -0.116. The lowest BCUT2D eigenvalue weighted by Crippen LogP contribution is -2.35. The largest absolute Gasteiger partial charge is 0.378 e. The Hall–Kier alpha value is -0.690. The van der Waals surface area contributed by atoms with Crippen molar-refractivity contribution in [2.45, 2.75) is 6.92 Å². The average Bonchev–Trinajstić information content (AvgIpc) is 2.72. The third kappa shape index (κ3) is 20.4. The van der Waals surface area contributed by atoms with Crippen LogP contribution in [0.15, 0.2) is 0 Å². The highest BCUT2D eigenvalue weighted by atomic mass is 16.6. The zero-order valence-corrected chi connectivity index (χ0v) is 17.8. The number of carbonyl (C=O) groups is 1. The molecule has 0 aromatic rings. The minimum atomic E-state index is -0.377. The van der Waals surface area contributed by atoms with E-state index in [-0.39, 0.29) is 12.0 Å². The molecule has 0 saturated carbocycles. The molecule has 0 rings (SSSR count). The van der Waals surface area contributed by atoms with Gasteiger partial charge >= 0.3 is 0 Å². The molecule has 0 unspecified atom stereocenters. The van der Waals surface area contributed by atoms with E-state index < -0.39 is 0 Å². The van der Waals surface area contributed by atoms with Crippen LogP contribution >= 0.6 is 0 Å². The second kappa shape index (κ2) is 22.0. The first kappa shape index (κ1) is 28.3. The van der Waals surface area contributed by atoms with Crippen molar-refractivity contribution in [3.63, 3.8) is 0 Å². The maximum atomic E-state index is 10.5. The van der Waals surface area contributed by atoms with Crippen LogP contribution in [0.4, 0.5) is 0 Å². The summed E-state index contributed by atoms with van der Waals surface area (Å²) in [5, 5.41) is 0. The summed E-state index contributed by atoms with van der Waals surface area (Å²) in [6, 6.07) is 0. The maximum absolute atomic E-state index is 10.5. The number of hydrogen-bond donors (Lipinski definition) is 2. The highest BCUT2D eigenvalue weighted by Gasteiger charge is 2.26. The van der Waals surface area contributed by atoms with E-state index in [0.717, 1.165) is 6.29 Å². The fourth-order valence-corrected chi connectivity index (χ4v) is 2.16. The average molecular weight is 425 g/mol. The molecule has 0 bridgehead atoms. The van der Waals surface area contributed by atoms with Gasteiger partial charge in [-0.2, -0.15) is 0 Å². The zero-order chi connectivity index (χ0) is 21.5. The van der Waals surface area contributed by atoms with Crippen LogP contribution < -0.4 is 11.5 Å². The monoisotopic (exact) mass is 424 g/mol. The summed E-state index contributed by atoms with van der Waals surface area (Å²) >= 11 is 0. The second-order valence-electron chi connectivity index (χ2n) is 6.62. The molecule has 0 saturated heterocycles. The Balaban J connectivity index is 3.85. The number of aldehydes is 1. The molecule has 174 valence electrons. The molecule has 0 radical (unpaired) electrons. The minimum Gasteiger partial charge on any atom is -0.378 e. The van der Waals surface area contributed by atoms with Gasteiger partial charge in [0.2, 0.25) is 0 Å². The van der Waals surface area contributed by atoms with Gasteiger partial charge < -0.3 is 49.4 Å². The first-order valence-corrected chi connectivity index (χ1v) is 10.1. The van der Waals surface area contributed by atoms with Gasteiger partial charge in [-0.05, 0) is 0 Å². The molecule has 0 amide bonds. The van der Waals surface area contributed by atoms with Crippen molar-refractivity contribution in [1.29, 1.82) is 0 Å². The molecule has 0 aromatic heterocycles. The van der Waals surface area contributed by atoms with Gasteiger partial charge in [0.05, 0.1) is 85.9 Å².